The van der Waals surface area contributed by atoms with Gasteiger partial charge in [0.05, 0.1) is 6.10 Å². The molecule has 1 saturated heterocycles. The van der Waals surface area contributed by atoms with Gasteiger partial charge >= 0.3 is 5.97 Å². The summed E-state index contributed by atoms with van der Waals surface area (Å²) in [6.45, 7) is 3.14. The summed E-state index contributed by atoms with van der Waals surface area (Å²) in [5.74, 6) is -0.855. The normalized spacial score (nSPS) is 25.8. The average molecular weight is 226 g/mol. The lowest BCUT2D eigenvalue weighted by molar-refractivity contribution is 0.0690. The van der Waals surface area contributed by atoms with Gasteiger partial charge < -0.3 is 19.5 Å². The summed E-state index contributed by atoms with van der Waals surface area (Å²) in [5.41, 5.74) is -0.108. The molecule has 2 heterocycles. The van der Waals surface area contributed by atoms with E-state index >= 15 is 0 Å². The molecule has 6 heteroatoms. The number of hydrogen-bond donors (Lipinski definition) is 2. The SMILES string of the molecule is CC1CCN(c2nc(C(=O)O)co2)CC1O. The third kappa shape index (κ3) is 2.01. The molecule has 0 spiro atoms. The maximum atomic E-state index is 10.6. The Balaban J connectivity index is 2.09. The molecule has 1 aromatic heterocycles. The summed E-state index contributed by atoms with van der Waals surface area (Å²) < 4.78 is 5.07. The second kappa shape index (κ2) is 4.13. The van der Waals surface area contributed by atoms with Gasteiger partial charge in [0, 0.05) is 13.1 Å². The summed E-state index contributed by atoms with van der Waals surface area (Å²) in [7, 11) is 0. The van der Waals surface area contributed by atoms with E-state index in [9.17, 15) is 9.90 Å². The van der Waals surface area contributed by atoms with Crippen molar-refractivity contribution in [3.63, 3.8) is 0 Å². The highest BCUT2D eigenvalue weighted by molar-refractivity contribution is 5.85. The van der Waals surface area contributed by atoms with Crippen molar-refractivity contribution >= 4 is 12.0 Å². The van der Waals surface area contributed by atoms with Gasteiger partial charge in [0.15, 0.2) is 5.69 Å². The van der Waals surface area contributed by atoms with Crippen molar-refractivity contribution in [3.05, 3.63) is 12.0 Å². The van der Waals surface area contributed by atoms with E-state index in [1.165, 1.54) is 0 Å². The summed E-state index contributed by atoms with van der Waals surface area (Å²) in [6, 6.07) is 0.267. The fourth-order valence-electron chi connectivity index (χ4n) is 1.73. The lowest BCUT2D eigenvalue weighted by Crippen LogP contribution is -2.43. The van der Waals surface area contributed by atoms with Gasteiger partial charge in [-0.1, -0.05) is 6.92 Å². The van der Waals surface area contributed by atoms with Crippen LogP contribution < -0.4 is 4.90 Å². The zero-order valence-electron chi connectivity index (χ0n) is 8.96. The minimum Gasteiger partial charge on any atom is -0.476 e. The summed E-state index contributed by atoms with van der Waals surface area (Å²) in [6.07, 6.45) is 1.53. The van der Waals surface area contributed by atoms with Crippen LogP contribution in [0, 0.1) is 5.92 Å². The topological polar surface area (TPSA) is 86.8 Å². The Hall–Kier alpha value is -1.56. The van der Waals surface area contributed by atoms with Crippen molar-refractivity contribution in [1.82, 2.24) is 4.98 Å². The first kappa shape index (κ1) is 10.9. The molecule has 0 aromatic carbocycles. The molecule has 6 nitrogen and oxygen atoms in total. The van der Waals surface area contributed by atoms with E-state index in [2.05, 4.69) is 4.98 Å². The van der Waals surface area contributed by atoms with Crippen LogP contribution in [0.15, 0.2) is 10.7 Å². The third-order valence-corrected chi connectivity index (χ3v) is 2.90. The van der Waals surface area contributed by atoms with Crippen LogP contribution >= 0.6 is 0 Å². The number of carboxylic acids is 1. The van der Waals surface area contributed by atoms with Crippen LogP contribution in [0.1, 0.15) is 23.8 Å². The molecule has 16 heavy (non-hydrogen) atoms. The molecule has 2 rings (SSSR count). The summed E-state index contributed by atoms with van der Waals surface area (Å²) >= 11 is 0. The molecule has 88 valence electrons. The summed E-state index contributed by atoms with van der Waals surface area (Å²) in [5, 5.41) is 18.4. The van der Waals surface area contributed by atoms with E-state index in [0.29, 0.717) is 6.54 Å². The first-order valence-electron chi connectivity index (χ1n) is 5.19. The van der Waals surface area contributed by atoms with E-state index in [1.54, 1.807) is 4.90 Å². The molecule has 0 bridgehead atoms. The van der Waals surface area contributed by atoms with E-state index in [1.807, 2.05) is 6.92 Å². The highest BCUT2D eigenvalue weighted by Gasteiger charge is 2.27. The van der Waals surface area contributed by atoms with E-state index in [0.717, 1.165) is 19.2 Å². The van der Waals surface area contributed by atoms with Crippen LogP contribution in [-0.4, -0.2) is 40.4 Å². The summed E-state index contributed by atoms with van der Waals surface area (Å²) in [4.78, 5) is 16.2. The molecule has 1 aliphatic rings. The van der Waals surface area contributed by atoms with Gasteiger partial charge in [0.25, 0.3) is 6.01 Å². The number of oxazole rings is 1. The molecule has 2 unspecified atom stereocenters. The second-order valence-corrected chi connectivity index (χ2v) is 4.10. The molecule has 0 radical (unpaired) electrons. The number of carbonyl (C=O) groups is 1. The number of aromatic carboxylic acids is 1. The van der Waals surface area contributed by atoms with Crippen molar-refractivity contribution in [1.29, 1.82) is 0 Å². The molecule has 0 amide bonds. The zero-order valence-corrected chi connectivity index (χ0v) is 8.96. The minimum atomic E-state index is -1.11. The Labute approximate surface area is 92.5 Å². The zero-order chi connectivity index (χ0) is 11.7. The molecule has 1 fully saturated rings. The van der Waals surface area contributed by atoms with Crippen molar-refractivity contribution in [3.8, 4) is 0 Å². The first-order valence-corrected chi connectivity index (χ1v) is 5.19. The van der Waals surface area contributed by atoms with Gasteiger partial charge in [-0.3, -0.25) is 0 Å². The monoisotopic (exact) mass is 226 g/mol. The molecular formula is C10H14N2O4. The minimum absolute atomic E-state index is 0.108. The first-order chi connectivity index (χ1) is 7.58. The van der Waals surface area contributed by atoms with Crippen LogP contribution in [0.2, 0.25) is 0 Å². The quantitative estimate of drug-likeness (QED) is 0.767. The molecule has 2 N–H and O–H groups in total. The van der Waals surface area contributed by atoms with Crippen molar-refractivity contribution in [2.24, 2.45) is 5.92 Å². The smallest absolute Gasteiger partial charge is 0.357 e. The fraction of sp³-hybridized carbons (Fsp3) is 0.600. The van der Waals surface area contributed by atoms with Gasteiger partial charge in [-0.2, -0.15) is 4.98 Å². The highest BCUT2D eigenvalue weighted by Crippen LogP contribution is 2.22. The third-order valence-electron chi connectivity index (χ3n) is 2.90. The number of aliphatic hydroxyl groups excluding tert-OH is 1. The fourth-order valence-corrected chi connectivity index (χ4v) is 1.73. The lowest BCUT2D eigenvalue weighted by atomic mass is 9.96. The van der Waals surface area contributed by atoms with Crippen LogP contribution in [0.5, 0.6) is 0 Å². The Bertz CT molecular complexity index is 390. The van der Waals surface area contributed by atoms with Crippen LogP contribution in [0.4, 0.5) is 6.01 Å². The van der Waals surface area contributed by atoms with Gasteiger partial charge in [-0.15, -0.1) is 0 Å². The van der Waals surface area contributed by atoms with Crippen molar-refractivity contribution in [2.75, 3.05) is 18.0 Å². The molecule has 1 aliphatic heterocycles. The Morgan fingerprint density at radius 1 is 1.69 bits per heavy atom. The van der Waals surface area contributed by atoms with E-state index < -0.39 is 12.1 Å². The molecule has 1 aromatic rings. The maximum Gasteiger partial charge on any atom is 0.357 e. The van der Waals surface area contributed by atoms with Gasteiger partial charge in [-0.05, 0) is 12.3 Å². The number of aromatic nitrogens is 1. The maximum absolute atomic E-state index is 10.6. The van der Waals surface area contributed by atoms with E-state index in [4.69, 9.17) is 9.52 Å². The number of aliphatic hydroxyl groups is 1. The van der Waals surface area contributed by atoms with Gasteiger partial charge in [-0.25, -0.2) is 4.79 Å². The number of anilines is 1. The van der Waals surface area contributed by atoms with Gasteiger partial charge in [0.1, 0.15) is 6.26 Å². The average Bonchev–Trinajstić information content (AvgIpc) is 2.71. The predicted molar refractivity (Wildman–Crippen MR) is 55.5 cm³/mol. The number of hydrogen-bond acceptors (Lipinski definition) is 5. The molecule has 0 aliphatic carbocycles. The second-order valence-electron chi connectivity index (χ2n) is 4.10. The molecular weight excluding hydrogens is 212 g/mol. The number of β-amino-alcohol motifs (C(OH)–C–C–N with tert-alkyl or cyclic N) is 1. The highest BCUT2D eigenvalue weighted by atomic mass is 16.4. The number of nitrogens with zero attached hydrogens (tertiary/aromatic N) is 2. The van der Waals surface area contributed by atoms with Gasteiger partial charge in [0.2, 0.25) is 0 Å². The van der Waals surface area contributed by atoms with Crippen molar-refractivity contribution in [2.45, 2.75) is 19.4 Å². The Morgan fingerprint density at radius 3 is 3.00 bits per heavy atom. The molecule has 2 atom stereocenters. The lowest BCUT2D eigenvalue weighted by Gasteiger charge is -2.33. The Kier molecular flexibility index (Phi) is 2.82. The van der Waals surface area contributed by atoms with Crippen LogP contribution in [0.25, 0.3) is 0 Å². The van der Waals surface area contributed by atoms with E-state index in [-0.39, 0.29) is 17.6 Å². The van der Waals surface area contributed by atoms with Crippen molar-refractivity contribution < 1.29 is 19.4 Å². The van der Waals surface area contributed by atoms with Crippen LogP contribution in [0.3, 0.4) is 0 Å². The number of carboxylic acid groups (broad SMARTS) is 1. The standard InChI is InChI=1S/C10H14N2O4/c1-6-2-3-12(4-8(6)13)10-11-7(5-16-10)9(14)15/h5-6,8,13H,2-4H2,1H3,(H,14,15). The number of piperidine rings is 1. The number of rotatable bonds is 2. The van der Waals surface area contributed by atoms with Crippen LogP contribution in [-0.2, 0) is 0 Å². The predicted octanol–water partition coefficient (Wildman–Crippen LogP) is 0.580. The largest absolute Gasteiger partial charge is 0.476 e. The Morgan fingerprint density at radius 2 is 2.44 bits per heavy atom. The molecule has 0 saturated carbocycles.